The van der Waals surface area contributed by atoms with Crippen LogP contribution in [-0.4, -0.2) is 47.6 Å². The Morgan fingerprint density at radius 2 is 2.08 bits per heavy atom. The molecule has 0 bridgehead atoms. The summed E-state index contributed by atoms with van der Waals surface area (Å²) >= 11 is 0. The normalized spacial score (nSPS) is 11.8. The first-order valence-electron chi connectivity index (χ1n) is 3.07. The van der Waals surface area contributed by atoms with Crippen LogP contribution in [0.15, 0.2) is 0 Å². The lowest BCUT2D eigenvalue weighted by molar-refractivity contribution is -0.157. The van der Waals surface area contributed by atoms with Crippen LogP contribution in [0, 0.1) is 0 Å². The summed E-state index contributed by atoms with van der Waals surface area (Å²) in [4.78, 5) is 30.3. The molecule has 0 aromatic carbocycles. The van der Waals surface area contributed by atoms with Crippen molar-refractivity contribution in [1.29, 1.82) is 0 Å². The van der Waals surface area contributed by atoms with Gasteiger partial charge in [-0.05, 0) is 0 Å². The average molecular weight is 176 g/mol. The second-order valence-electron chi connectivity index (χ2n) is 1.92. The topological polar surface area (TPSA) is 101 Å². The number of aliphatic hydroxyl groups excluding tert-OH is 2. The lowest BCUT2D eigenvalue weighted by atomic mass is 10.4. The van der Waals surface area contributed by atoms with Gasteiger partial charge >= 0.3 is 11.8 Å². The summed E-state index contributed by atoms with van der Waals surface area (Å²) in [6.45, 7) is -1.09. The fourth-order valence-electron chi connectivity index (χ4n) is 0.344. The van der Waals surface area contributed by atoms with Crippen LogP contribution in [0.3, 0.4) is 0 Å². The first-order valence-corrected chi connectivity index (χ1v) is 3.07. The number of ketones is 1. The van der Waals surface area contributed by atoms with E-state index in [2.05, 4.69) is 4.74 Å². The molecule has 2 N–H and O–H groups in total. The van der Waals surface area contributed by atoms with Crippen LogP contribution in [0.2, 0.25) is 0 Å². The molecule has 1 unspecified atom stereocenters. The van der Waals surface area contributed by atoms with Crippen molar-refractivity contribution in [3.05, 3.63) is 0 Å². The Morgan fingerprint density at radius 3 is 2.50 bits per heavy atom. The molecule has 0 saturated carbocycles. The van der Waals surface area contributed by atoms with E-state index < -0.39 is 31.1 Å². The first-order chi connectivity index (χ1) is 5.61. The van der Waals surface area contributed by atoms with Crippen molar-refractivity contribution >= 4 is 18.0 Å². The number of ether oxygens (including phenoxy) is 1. The molecule has 12 heavy (non-hydrogen) atoms. The number of hydrogen-bond acceptors (Lipinski definition) is 6. The van der Waals surface area contributed by atoms with E-state index in [0.29, 0.717) is 0 Å². The Balaban J connectivity index is 3.71. The summed E-state index contributed by atoms with van der Waals surface area (Å²) in [5, 5.41) is 16.9. The van der Waals surface area contributed by atoms with Crippen molar-refractivity contribution in [3.8, 4) is 0 Å². The fourth-order valence-corrected chi connectivity index (χ4v) is 0.344. The lowest BCUT2D eigenvalue weighted by Gasteiger charge is -2.05. The Bertz CT molecular complexity index is 186. The zero-order valence-electron chi connectivity index (χ0n) is 6.10. The standard InChI is InChI=1S/C6H8O6/c7-1-4(9)3-12-6(11)5(10)2-8/h2,4,7,9H,1,3H2. The highest BCUT2D eigenvalue weighted by Gasteiger charge is 2.15. The smallest absolute Gasteiger partial charge is 0.382 e. The van der Waals surface area contributed by atoms with Gasteiger partial charge in [0.2, 0.25) is 0 Å². The van der Waals surface area contributed by atoms with Crippen molar-refractivity contribution in [2.24, 2.45) is 0 Å². The largest absolute Gasteiger partial charge is 0.457 e. The van der Waals surface area contributed by atoms with Gasteiger partial charge in [-0.15, -0.1) is 0 Å². The number of carbonyl (C=O) groups is 3. The molecule has 0 aliphatic carbocycles. The second-order valence-corrected chi connectivity index (χ2v) is 1.92. The van der Waals surface area contributed by atoms with E-state index in [4.69, 9.17) is 10.2 Å². The third-order valence-corrected chi connectivity index (χ3v) is 0.926. The van der Waals surface area contributed by atoms with E-state index in [1.807, 2.05) is 0 Å². The van der Waals surface area contributed by atoms with Crippen molar-refractivity contribution in [3.63, 3.8) is 0 Å². The maximum absolute atomic E-state index is 10.4. The van der Waals surface area contributed by atoms with Crippen LogP contribution in [0.5, 0.6) is 0 Å². The Labute approximate surface area is 67.8 Å². The molecular formula is C6H8O6. The van der Waals surface area contributed by atoms with E-state index in [1.54, 1.807) is 0 Å². The predicted octanol–water partition coefficient (Wildman–Crippen LogP) is -2.35. The number of aliphatic hydroxyl groups is 2. The van der Waals surface area contributed by atoms with E-state index >= 15 is 0 Å². The molecule has 0 amide bonds. The monoisotopic (exact) mass is 176 g/mol. The Morgan fingerprint density at radius 1 is 1.50 bits per heavy atom. The molecule has 1 atom stereocenters. The molecule has 6 heteroatoms. The molecule has 0 heterocycles. The summed E-state index contributed by atoms with van der Waals surface area (Å²) in [7, 11) is 0. The molecule has 6 nitrogen and oxygen atoms in total. The second kappa shape index (κ2) is 5.39. The summed E-state index contributed by atoms with van der Waals surface area (Å²) in [6.07, 6.45) is -1.42. The van der Waals surface area contributed by atoms with Gasteiger partial charge in [0.15, 0.2) is 6.29 Å². The molecule has 68 valence electrons. The minimum atomic E-state index is -1.34. The minimum Gasteiger partial charge on any atom is -0.457 e. The number of hydrogen-bond donors (Lipinski definition) is 2. The van der Waals surface area contributed by atoms with Crippen molar-refractivity contribution in [1.82, 2.24) is 0 Å². The van der Waals surface area contributed by atoms with Crippen molar-refractivity contribution in [2.45, 2.75) is 6.10 Å². The molecule has 0 aliphatic heterocycles. The maximum Gasteiger partial charge on any atom is 0.382 e. The van der Waals surface area contributed by atoms with Crippen molar-refractivity contribution in [2.75, 3.05) is 13.2 Å². The number of esters is 1. The molecular weight excluding hydrogens is 168 g/mol. The van der Waals surface area contributed by atoms with Crippen molar-refractivity contribution < 1.29 is 29.3 Å². The maximum atomic E-state index is 10.4. The molecule has 0 rings (SSSR count). The summed E-state index contributed by atoms with van der Waals surface area (Å²) in [6, 6.07) is 0. The zero-order valence-corrected chi connectivity index (χ0v) is 6.10. The van der Waals surface area contributed by atoms with E-state index in [1.165, 1.54) is 0 Å². The van der Waals surface area contributed by atoms with Crippen LogP contribution in [0.25, 0.3) is 0 Å². The Hall–Kier alpha value is -1.27. The quantitative estimate of drug-likeness (QED) is 0.210. The minimum absolute atomic E-state index is 0.187. The molecule has 0 aromatic heterocycles. The van der Waals surface area contributed by atoms with E-state index in [-0.39, 0.29) is 6.29 Å². The van der Waals surface area contributed by atoms with Crippen LogP contribution in [0.4, 0.5) is 0 Å². The van der Waals surface area contributed by atoms with Crippen LogP contribution >= 0.6 is 0 Å². The van der Waals surface area contributed by atoms with Gasteiger partial charge < -0.3 is 14.9 Å². The van der Waals surface area contributed by atoms with Gasteiger partial charge in [-0.25, -0.2) is 4.79 Å². The number of aldehydes is 1. The van der Waals surface area contributed by atoms with Crippen LogP contribution in [0.1, 0.15) is 0 Å². The molecule has 0 spiro atoms. The molecule has 0 radical (unpaired) electrons. The number of Topliss-reactive ketones (excluding diaryl/α,β-unsaturated/α-hetero) is 1. The summed E-state index contributed by atoms with van der Waals surface area (Å²) < 4.78 is 4.12. The van der Waals surface area contributed by atoms with E-state index in [0.717, 1.165) is 0 Å². The van der Waals surface area contributed by atoms with Crippen LogP contribution in [-0.2, 0) is 19.1 Å². The van der Waals surface area contributed by atoms with Gasteiger partial charge in [0.25, 0.3) is 0 Å². The SMILES string of the molecule is O=CC(=O)C(=O)OCC(O)CO. The van der Waals surface area contributed by atoms with Gasteiger partial charge in [0.1, 0.15) is 12.7 Å². The summed E-state index contributed by atoms with van der Waals surface area (Å²) in [5.41, 5.74) is 0. The van der Waals surface area contributed by atoms with Crippen LogP contribution < -0.4 is 0 Å². The van der Waals surface area contributed by atoms with Gasteiger partial charge in [0.05, 0.1) is 6.61 Å². The highest BCUT2D eigenvalue weighted by molar-refractivity contribution is 6.55. The molecule has 0 saturated heterocycles. The lowest BCUT2D eigenvalue weighted by Crippen LogP contribution is -2.26. The predicted molar refractivity (Wildman–Crippen MR) is 35.1 cm³/mol. The zero-order chi connectivity index (χ0) is 9.56. The third kappa shape index (κ3) is 3.79. The molecule has 0 aromatic rings. The van der Waals surface area contributed by atoms with Gasteiger partial charge in [0, 0.05) is 0 Å². The highest BCUT2D eigenvalue weighted by atomic mass is 16.5. The molecule has 0 fully saturated rings. The first kappa shape index (κ1) is 10.7. The Kier molecular flexibility index (Phi) is 4.82. The third-order valence-electron chi connectivity index (χ3n) is 0.926. The number of carbonyl (C=O) groups excluding carboxylic acids is 3. The molecule has 0 aliphatic rings. The number of rotatable bonds is 5. The van der Waals surface area contributed by atoms with Gasteiger partial charge in [-0.3, -0.25) is 9.59 Å². The average Bonchev–Trinajstić information content (AvgIpc) is 2.11. The highest BCUT2D eigenvalue weighted by Crippen LogP contribution is 1.85. The van der Waals surface area contributed by atoms with Gasteiger partial charge in [-0.2, -0.15) is 0 Å². The van der Waals surface area contributed by atoms with Gasteiger partial charge in [-0.1, -0.05) is 0 Å². The fraction of sp³-hybridized carbons (Fsp3) is 0.500. The van der Waals surface area contributed by atoms with E-state index in [9.17, 15) is 14.4 Å². The summed E-state index contributed by atoms with van der Waals surface area (Å²) in [5.74, 6) is -2.65.